The van der Waals surface area contributed by atoms with Crippen molar-refractivity contribution in [3.05, 3.63) is 108 Å². The van der Waals surface area contributed by atoms with Gasteiger partial charge in [0, 0.05) is 18.9 Å². The number of benzene rings is 3. The van der Waals surface area contributed by atoms with Gasteiger partial charge in [0.25, 0.3) is 0 Å². The first-order chi connectivity index (χ1) is 16.2. The van der Waals surface area contributed by atoms with E-state index in [0.717, 1.165) is 18.4 Å². The van der Waals surface area contributed by atoms with E-state index < -0.39 is 6.04 Å². The Bertz CT molecular complexity index is 935. The molecular weight excluding hydrogens is 408 g/mol. The van der Waals surface area contributed by atoms with Gasteiger partial charge >= 0.3 is 0 Å². The molecule has 172 valence electrons. The van der Waals surface area contributed by atoms with Crippen molar-refractivity contribution in [3.63, 3.8) is 0 Å². The van der Waals surface area contributed by atoms with Crippen LogP contribution in [0.2, 0.25) is 0 Å². The zero-order valence-electron chi connectivity index (χ0n) is 19.4. The summed E-state index contributed by atoms with van der Waals surface area (Å²) in [6, 6.07) is 30.2. The Labute approximate surface area is 197 Å². The Morgan fingerprint density at radius 1 is 0.758 bits per heavy atom. The molecule has 1 atom stereocenters. The maximum absolute atomic E-state index is 12.9. The van der Waals surface area contributed by atoms with Crippen LogP contribution in [0.4, 0.5) is 0 Å². The van der Waals surface area contributed by atoms with Crippen molar-refractivity contribution in [2.75, 3.05) is 6.54 Å². The maximum atomic E-state index is 12.9. The van der Waals surface area contributed by atoms with Crippen LogP contribution in [0, 0.1) is 0 Å². The van der Waals surface area contributed by atoms with E-state index in [1.807, 2.05) is 73.7 Å². The second kappa shape index (κ2) is 13.2. The first kappa shape index (κ1) is 24.2. The van der Waals surface area contributed by atoms with Crippen LogP contribution in [0.15, 0.2) is 91.0 Å². The molecule has 33 heavy (non-hydrogen) atoms. The monoisotopic (exact) mass is 442 g/mol. The average molecular weight is 443 g/mol. The molecule has 0 aliphatic carbocycles. The van der Waals surface area contributed by atoms with E-state index in [2.05, 4.69) is 34.9 Å². The summed E-state index contributed by atoms with van der Waals surface area (Å²) in [6.45, 7) is 2.57. The molecule has 3 aromatic carbocycles. The summed E-state index contributed by atoms with van der Waals surface area (Å²) in [4.78, 5) is 25.3. The van der Waals surface area contributed by atoms with Crippen LogP contribution in [-0.2, 0) is 16.0 Å². The van der Waals surface area contributed by atoms with Gasteiger partial charge in [0.05, 0.1) is 0 Å². The lowest BCUT2D eigenvalue weighted by atomic mass is 9.88. The fraction of sp³-hybridized carbons (Fsp3) is 0.310. The number of hydrogen-bond acceptors (Lipinski definition) is 2. The SMILES string of the molecule is CCCC(NC(=O)CCc1ccccc1)C(=O)NCCC(c1ccccc1)c1ccccc1. The van der Waals surface area contributed by atoms with Crippen LogP contribution in [0.3, 0.4) is 0 Å². The van der Waals surface area contributed by atoms with Gasteiger partial charge in [-0.2, -0.15) is 0 Å². The second-order valence-corrected chi connectivity index (χ2v) is 8.35. The van der Waals surface area contributed by atoms with E-state index in [1.54, 1.807) is 0 Å². The minimum atomic E-state index is -0.495. The van der Waals surface area contributed by atoms with Gasteiger partial charge in [0.15, 0.2) is 0 Å². The van der Waals surface area contributed by atoms with E-state index in [0.29, 0.717) is 25.8 Å². The highest BCUT2D eigenvalue weighted by molar-refractivity contribution is 5.87. The Morgan fingerprint density at radius 3 is 1.85 bits per heavy atom. The van der Waals surface area contributed by atoms with Gasteiger partial charge in [-0.25, -0.2) is 0 Å². The molecule has 3 rings (SSSR count). The molecule has 1 unspecified atom stereocenters. The van der Waals surface area contributed by atoms with Gasteiger partial charge in [0.2, 0.25) is 11.8 Å². The molecule has 0 bridgehead atoms. The van der Waals surface area contributed by atoms with Gasteiger partial charge in [-0.1, -0.05) is 104 Å². The fourth-order valence-corrected chi connectivity index (χ4v) is 4.09. The zero-order valence-corrected chi connectivity index (χ0v) is 19.4. The molecule has 2 N–H and O–H groups in total. The van der Waals surface area contributed by atoms with Crippen molar-refractivity contribution in [1.29, 1.82) is 0 Å². The number of carbonyl (C=O) groups excluding carboxylic acids is 2. The molecule has 0 heterocycles. The molecule has 2 amide bonds. The normalized spacial score (nSPS) is 11.7. The van der Waals surface area contributed by atoms with Crippen LogP contribution >= 0.6 is 0 Å². The van der Waals surface area contributed by atoms with Crippen molar-refractivity contribution in [1.82, 2.24) is 10.6 Å². The predicted octanol–water partition coefficient (Wildman–Crippen LogP) is 5.24. The summed E-state index contributed by atoms with van der Waals surface area (Å²) in [6.07, 6.45) is 3.29. The lowest BCUT2D eigenvalue weighted by Crippen LogP contribution is -2.47. The van der Waals surface area contributed by atoms with Crippen molar-refractivity contribution in [2.24, 2.45) is 0 Å². The summed E-state index contributed by atoms with van der Waals surface area (Å²) >= 11 is 0. The first-order valence-corrected chi connectivity index (χ1v) is 11.9. The smallest absolute Gasteiger partial charge is 0.242 e. The minimum Gasteiger partial charge on any atom is -0.354 e. The summed E-state index contributed by atoms with van der Waals surface area (Å²) in [7, 11) is 0. The predicted molar refractivity (Wildman–Crippen MR) is 134 cm³/mol. The van der Waals surface area contributed by atoms with Crippen LogP contribution < -0.4 is 10.6 Å². The van der Waals surface area contributed by atoms with Crippen LogP contribution in [0.5, 0.6) is 0 Å². The van der Waals surface area contributed by atoms with Gasteiger partial charge in [0.1, 0.15) is 6.04 Å². The molecule has 0 saturated carbocycles. The Hall–Kier alpha value is -3.40. The van der Waals surface area contributed by atoms with Crippen LogP contribution in [-0.4, -0.2) is 24.4 Å². The third-order valence-corrected chi connectivity index (χ3v) is 5.85. The highest BCUT2D eigenvalue weighted by Gasteiger charge is 2.20. The summed E-state index contributed by atoms with van der Waals surface area (Å²) < 4.78 is 0. The lowest BCUT2D eigenvalue weighted by Gasteiger charge is -2.21. The quantitative estimate of drug-likeness (QED) is 0.403. The Kier molecular flexibility index (Phi) is 9.71. The van der Waals surface area contributed by atoms with Crippen molar-refractivity contribution in [2.45, 2.75) is 51.0 Å². The number of carbonyl (C=O) groups is 2. The molecule has 0 aliphatic rings. The van der Waals surface area contributed by atoms with Crippen molar-refractivity contribution >= 4 is 11.8 Å². The molecule has 3 aromatic rings. The maximum Gasteiger partial charge on any atom is 0.242 e. The summed E-state index contributed by atoms with van der Waals surface area (Å²) in [5.74, 6) is 0.0153. The van der Waals surface area contributed by atoms with E-state index >= 15 is 0 Å². The van der Waals surface area contributed by atoms with Crippen LogP contribution in [0.25, 0.3) is 0 Å². The van der Waals surface area contributed by atoms with E-state index in [4.69, 9.17) is 0 Å². The molecule has 4 nitrogen and oxygen atoms in total. The van der Waals surface area contributed by atoms with Crippen molar-refractivity contribution in [3.8, 4) is 0 Å². The molecular formula is C29H34N2O2. The number of rotatable bonds is 12. The second-order valence-electron chi connectivity index (χ2n) is 8.35. The standard InChI is InChI=1S/C29H34N2O2/c1-2-12-27(31-28(32)20-19-23-13-6-3-7-14-23)29(33)30-22-21-26(24-15-8-4-9-16-24)25-17-10-5-11-18-25/h3-11,13-18,26-27H,2,12,19-22H2,1H3,(H,30,33)(H,31,32). The number of amides is 2. The molecule has 0 fully saturated rings. The summed E-state index contributed by atoms with van der Waals surface area (Å²) in [5, 5.41) is 6.00. The van der Waals surface area contributed by atoms with Gasteiger partial charge in [-0.3, -0.25) is 9.59 Å². The molecule has 0 aromatic heterocycles. The molecule has 0 radical (unpaired) electrons. The fourth-order valence-electron chi connectivity index (χ4n) is 4.09. The van der Waals surface area contributed by atoms with Crippen molar-refractivity contribution < 1.29 is 9.59 Å². The van der Waals surface area contributed by atoms with E-state index in [-0.39, 0.29) is 17.7 Å². The average Bonchev–Trinajstić information content (AvgIpc) is 2.86. The number of nitrogens with one attached hydrogen (secondary N) is 2. The van der Waals surface area contributed by atoms with Crippen LogP contribution in [0.1, 0.15) is 55.2 Å². The molecule has 0 spiro atoms. The highest BCUT2D eigenvalue weighted by atomic mass is 16.2. The third-order valence-electron chi connectivity index (χ3n) is 5.85. The number of aryl methyl sites for hydroxylation is 1. The summed E-state index contributed by atoms with van der Waals surface area (Å²) in [5.41, 5.74) is 3.59. The zero-order chi connectivity index (χ0) is 23.3. The lowest BCUT2D eigenvalue weighted by molar-refractivity contribution is -0.129. The minimum absolute atomic E-state index is 0.0844. The highest BCUT2D eigenvalue weighted by Crippen LogP contribution is 2.27. The first-order valence-electron chi connectivity index (χ1n) is 11.9. The van der Waals surface area contributed by atoms with Gasteiger partial charge < -0.3 is 10.6 Å². The Morgan fingerprint density at radius 2 is 1.30 bits per heavy atom. The van der Waals surface area contributed by atoms with Gasteiger partial charge in [-0.15, -0.1) is 0 Å². The number of hydrogen-bond donors (Lipinski definition) is 2. The molecule has 0 saturated heterocycles. The Balaban J connectivity index is 1.54. The molecule has 4 heteroatoms. The van der Waals surface area contributed by atoms with E-state index in [9.17, 15) is 9.59 Å². The van der Waals surface area contributed by atoms with E-state index in [1.165, 1.54) is 11.1 Å². The van der Waals surface area contributed by atoms with Gasteiger partial charge in [-0.05, 0) is 36.0 Å². The molecule has 0 aliphatic heterocycles. The largest absolute Gasteiger partial charge is 0.354 e. The third kappa shape index (κ3) is 7.90. The topological polar surface area (TPSA) is 58.2 Å².